The molecule has 0 unspecified atom stereocenters. The molecule has 1 aromatic heterocycles. The van der Waals surface area contributed by atoms with Crippen LogP contribution in [0.5, 0.6) is 5.75 Å². The molecule has 1 saturated carbocycles. The fourth-order valence-corrected chi connectivity index (χ4v) is 4.48. The van der Waals surface area contributed by atoms with Gasteiger partial charge in [0.2, 0.25) is 0 Å². The number of phenolic OH excluding ortho intramolecular Hbond substituents is 1. The minimum absolute atomic E-state index is 0.0920. The molecule has 1 saturated heterocycles. The summed E-state index contributed by atoms with van der Waals surface area (Å²) in [5.74, 6) is 0.195. The van der Waals surface area contributed by atoms with Gasteiger partial charge in [-0.1, -0.05) is 11.6 Å². The van der Waals surface area contributed by atoms with Gasteiger partial charge in [0.1, 0.15) is 17.4 Å². The highest BCUT2D eigenvalue weighted by Gasteiger charge is 2.25. The number of carbonyl (C=O) groups excluding carboxylic acids is 1. The Morgan fingerprint density at radius 3 is 2.79 bits per heavy atom. The Morgan fingerprint density at radius 2 is 2.04 bits per heavy atom. The number of nitrogens with zero attached hydrogens (tertiary/aromatic N) is 2. The number of hydrogen-bond donors (Lipinski definition) is 2. The average Bonchev–Trinajstić information content (AvgIpc) is 3.20. The minimum Gasteiger partial charge on any atom is -0.505 e. The Bertz CT molecular complexity index is 846. The van der Waals surface area contributed by atoms with Crippen molar-refractivity contribution in [3.63, 3.8) is 0 Å². The maximum atomic E-state index is 12.0. The van der Waals surface area contributed by atoms with Gasteiger partial charge in [0.15, 0.2) is 0 Å². The van der Waals surface area contributed by atoms with E-state index in [1.54, 1.807) is 6.20 Å². The number of halogens is 1. The number of fused-ring (bicyclic) bond motifs is 1. The predicted molar refractivity (Wildman–Crippen MR) is 109 cm³/mol. The normalized spacial score (nSPS) is 19.2. The molecule has 2 heterocycles. The van der Waals surface area contributed by atoms with Crippen LogP contribution in [0.15, 0.2) is 24.4 Å². The van der Waals surface area contributed by atoms with Gasteiger partial charge in [0.25, 0.3) is 0 Å². The summed E-state index contributed by atoms with van der Waals surface area (Å²) in [5, 5.41) is 15.0. The molecule has 0 atom stereocenters. The molecule has 2 fully saturated rings. The fraction of sp³-hybridized carbons (Fsp3) is 0.524. The molecule has 0 bridgehead atoms. The van der Waals surface area contributed by atoms with Gasteiger partial charge in [-0.2, -0.15) is 0 Å². The molecular weight excluding hydrogens is 378 g/mol. The minimum atomic E-state index is -0.282. The highest BCUT2D eigenvalue weighted by molar-refractivity contribution is 6.35. The Morgan fingerprint density at radius 1 is 1.29 bits per heavy atom. The molecule has 7 heteroatoms. The number of pyridine rings is 1. The molecule has 0 spiro atoms. The summed E-state index contributed by atoms with van der Waals surface area (Å²) < 4.78 is 5.49. The van der Waals surface area contributed by atoms with E-state index in [0.717, 1.165) is 62.6 Å². The zero-order valence-electron chi connectivity index (χ0n) is 15.9. The predicted octanol–water partition coefficient (Wildman–Crippen LogP) is 4.23. The first-order valence-electron chi connectivity index (χ1n) is 10.0. The number of carbonyl (C=O) groups is 1. The van der Waals surface area contributed by atoms with Gasteiger partial charge in [-0.25, -0.2) is 4.79 Å². The lowest BCUT2D eigenvalue weighted by atomic mass is 10.0. The summed E-state index contributed by atoms with van der Waals surface area (Å²) in [4.78, 5) is 18.6. The van der Waals surface area contributed by atoms with Crippen LogP contribution in [0.4, 0.5) is 4.79 Å². The van der Waals surface area contributed by atoms with Crippen LogP contribution in [0.1, 0.15) is 44.1 Å². The first-order chi connectivity index (χ1) is 13.6. The molecule has 2 aromatic rings. The van der Waals surface area contributed by atoms with E-state index in [4.69, 9.17) is 16.3 Å². The van der Waals surface area contributed by atoms with Crippen molar-refractivity contribution in [1.29, 1.82) is 0 Å². The second-order valence-electron chi connectivity index (χ2n) is 7.77. The van der Waals surface area contributed by atoms with E-state index >= 15 is 0 Å². The van der Waals surface area contributed by atoms with E-state index in [0.29, 0.717) is 17.1 Å². The summed E-state index contributed by atoms with van der Waals surface area (Å²) >= 11 is 6.37. The lowest BCUT2D eigenvalue weighted by molar-refractivity contribution is 0.0924. The summed E-state index contributed by atoms with van der Waals surface area (Å²) in [6, 6.07) is 5.63. The third-order valence-corrected chi connectivity index (χ3v) is 6.09. The number of nitrogens with one attached hydrogen (secondary N) is 1. The molecule has 28 heavy (non-hydrogen) atoms. The van der Waals surface area contributed by atoms with E-state index in [1.165, 1.54) is 0 Å². The maximum Gasteiger partial charge on any atom is 0.407 e. The van der Waals surface area contributed by atoms with E-state index in [2.05, 4.69) is 15.2 Å². The molecule has 1 amide bonds. The fourth-order valence-electron chi connectivity index (χ4n) is 4.19. The number of aromatic hydroxyl groups is 1. The summed E-state index contributed by atoms with van der Waals surface area (Å²) in [7, 11) is 0. The van der Waals surface area contributed by atoms with Gasteiger partial charge in [0.05, 0.1) is 5.02 Å². The average molecular weight is 404 g/mol. The van der Waals surface area contributed by atoms with E-state index in [1.807, 2.05) is 18.2 Å². The SMILES string of the molecule is O=C(NC1CCN(Cc2cc(Cl)c3cccnc3c2O)CC1)OC1CCCC1. The van der Waals surface area contributed by atoms with Gasteiger partial charge < -0.3 is 15.2 Å². The van der Waals surface area contributed by atoms with Crippen LogP contribution in [-0.2, 0) is 11.3 Å². The monoisotopic (exact) mass is 403 g/mol. The Labute approximate surface area is 169 Å². The van der Waals surface area contributed by atoms with Gasteiger partial charge in [-0.3, -0.25) is 9.88 Å². The number of alkyl carbamates (subject to hydrolysis) is 1. The van der Waals surface area contributed by atoms with Crippen LogP contribution in [-0.4, -0.2) is 46.3 Å². The van der Waals surface area contributed by atoms with E-state index in [-0.39, 0.29) is 24.0 Å². The number of phenols is 1. The topological polar surface area (TPSA) is 74.7 Å². The third kappa shape index (κ3) is 4.33. The zero-order chi connectivity index (χ0) is 19.5. The highest BCUT2D eigenvalue weighted by Crippen LogP contribution is 2.34. The molecular formula is C21H26ClN3O3. The number of aromatic nitrogens is 1. The molecule has 1 aliphatic heterocycles. The van der Waals surface area contributed by atoms with Crippen LogP contribution >= 0.6 is 11.6 Å². The van der Waals surface area contributed by atoms with Crippen molar-refractivity contribution in [2.75, 3.05) is 13.1 Å². The molecule has 6 nitrogen and oxygen atoms in total. The molecule has 150 valence electrons. The van der Waals surface area contributed by atoms with Gasteiger partial charge >= 0.3 is 6.09 Å². The van der Waals surface area contributed by atoms with Crippen LogP contribution in [0.3, 0.4) is 0 Å². The Hall–Kier alpha value is -2.05. The lowest BCUT2D eigenvalue weighted by Gasteiger charge is -2.32. The number of hydrogen-bond acceptors (Lipinski definition) is 5. The number of rotatable bonds is 4. The molecule has 2 aliphatic rings. The molecule has 1 aromatic carbocycles. The number of piperidine rings is 1. The van der Waals surface area contributed by atoms with Crippen molar-refractivity contribution in [2.45, 2.75) is 57.2 Å². The summed E-state index contributed by atoms with van der Waals surface area (Å²) in [6.45, 7) is 2.29. The molecule has 2 N–H and O–H groups in total. The van der Waals surface area contributed by atoms with Crippen LogP contribution in [0, 0.1) is 0 Å². The van der Waals surface area contributed by atoms with Crippen molar-refractivity contribution in [3.8, 4) is 5.75 Å². The second-order valence-corrected chi connectivity index (χ2v) is 8.18. The van der Waals surface area contributed by atoms with Crippen molar-refractivity contribution < 1.29 is 14.6 Å². The van der Waals surface area contributed by atoms with Crippen molar-refractivity contribution >= 4 is 28.6 Å². The maximum absolute atomic E-state index is 12.0. The number of benzene rings is 1. The molecule has 0 radical (unpaired) electrons. The van der Waals surface area contributed by atoms with Crippen molar-refractivity contribution in [1.82, 2.24) is 15.2 Å². The van der Waals surface area contributed by atoms with Gasteiger partial charge in [0, 0.05) is 42.8 Å². The smallest absolute Gasteiger partial charge is 0.407 e. The molecule has 4 rings (SSSR count). The van der Waals surface area contributed by atoms with Gasteiger partial charge in [-0.05, 0) is 56.7 Å². The Kier molecular flexibility index (Phi) is 5.87. The summed E-state index contributed by atoms with van der Waals surface area (Å²) in [6.07, 6.45) is 7.46. The number of ether oxygens (including phenoxy) is 1. The first-order valence-corrected chi connectivity index (χ1v) is 10.4. The zero-order valence-corrected chi connectivity index (χ0v) is 16.6. The van der Waals surface area contributed by atoms with Crippen LogP contribution < -0.4 is 5.32 Å². The largest absolute Gasteiger partial charge is 0.505 e. The van der Waals surface area contributed by atoms with E-state index < -0.39 is 0 Å². The quantitative estimate of drug-likeness (QED) is 0.799. The highest BCUT2D eigenvalue weighted by atomic mass is 35.5. The second kappa shape index (κ2) is 8.53. The summed E-state index contributed by atoms with van der Waals surface area (Å²) in [5.41, 5.74) is 1.32. The first kappa shape index (κ1) is 19.3. The Balaban J connectivity index is 1.31. The number of likely N-dealkylation sites (tertiary alicyclic amines) is 1. The standard InChI is InChI=1S/C21H26ClN3O3/c22-18-12-14(20(26)19-17(18)6-3-9-23-19)13-25-10-7-15(8-11-25)24-21(27)28-16-4-1-2-5-16/h3,6,9,12,15-16,26H,1-2,4-5,7-8,10-11,13H2,(H,24,27). The van der Waals surface area contributed by atoms with E-state index in [9.17, 15) is 9.90 Å². The lowest BCUT2D eigenvalue weighted by Crippen LogP contribution is -2.45. The number of amides is 1. The molecule has 1 aliphatic carbocycles. The van der Waals surface area contributed by atoms with Crippen molar-refractivity contribution in [2.24, 2.45) is 0 Å². The van der Waals surface area contributed by atoms with Crippen molar-refractivity contribution in [3.05, 3.63) is 35.0 Å². The van der Waals surface area contributed by atoms with Gasteiger partial charge in [-0.15, -0.1) is 0 Å². The van der Waals surface area contributed by atoms with Crippen LogP contribution in [0.2, 0.25) is 5.02 Å². The van der Waals surface area contributed by atoms with Crippen LogP contribution in [0.25, 0.3) is 10.9 Å². The third-order valence-electron chi connectivity index (χ3n) is 5.77.